The molecule has 0 atom stereocenters. The minimum atomic E-state index is -0.736. The number of hydrogen-bond acceptors (Lipinski definition) is 2. The zero-order valence-electron chi connectivity index (χ0n) is 9.70. The van der Waals surface area contributed by atoms with Gasteiger partial charge < -0.3 is 9.67 Å². The van der Waals surface area contributed by atoms with Gasteiger partial charge in [-0.05, 0) is 25.7 Å². The van der Waals surface area contributed by atoms with E-state index >= 15 is 0 Å². The van der Waals surface area contributed by atoms with Gasteiger partial charge in [0, 0.05) is 18.7 Å². The van der Waals surface area contributed by atoms with Crippen molar-refractivity contribution >= 4 is 5.97 Å². The van der Waals surface area contributed by atoms with Crippen LogP contribution in [0.3, 0.4) is 0 Å². The fourth-order valence-electron chi connectivity index (χ4n) is 2.40. The number of nitrogens with zero attached hydrogens (tertiary/aromatic N) is 2. The molecule has 88 valence electrons. The molecule has 16 heavy (non-hydrogen) atoms. The molecule has 1 N–H and O–H groups in total. The lowest BCUT2D eigenvalue weighted by Crippen LogP contribution is -2.12. The highest BCUT2D eigenvalue weighted by atomic mass is 16.4. The van der Waals surface area contributed by atoms with Crippen molar-refractivity contribution in [1.29, 1.82) is 0 Å². The van der Waals surface area contributed by atoms with Crippen LogP contribution in [0.2, 0.25) is 0 Å². The van der Waals surface area contributed by atoms with E-state index in [1.165, 1.54) is 24.2 Å². The minimum absolute atomic E-state index is 0.190. The van der Waals surface area contributed by atoms with E-state index in [1.807, 2.05) is 0 Å². The van der Waals surface area contributed by atoms with Gasteiger partial charge in [-0.1, -0.05) is 6.92 Å². The van der Waals surface area contributed by atoms with Crippen molar-refractivity contribution in [2.75, 3.05) is 0 Å². The summed E-state index contributed by atoms with van der Waals surface area (Å²) >= 11 is 0. The number of imidazole rings is 1. The van der Waals surface area contributed by atoms with Gasteiger partial charge in [0.1, 0.15) is 5.82 Å². The van der Waals surface area contributed by atoms with Crippen molar-refractivity contribution in [2.24, 2.45) is 0 Å². The Balaban J connectivity index is 2.25. The highest BCUT2D eigenvalue weighted by molar-refractivity contribution is 5.66. The zero-order valence-corrected chi connectivity index (χ0v) is 9.70. The molecule has 1 heterocycles. The Bertz CT molecular complexity index is 396. The maximum atomic E-state index is 10.6. The molecule has 4 nitrogen and oxygen atoms in total. The smallest absolute Gasteiger partial charge is 0.305 e. The number of carboxylic acid groups (broad SMARTS) is 1. The summed E-state index contributed by atoms with van der Waals surface area (Å²) in [4.78, 5) is 15.2. The number of aliphatic carboxylic acids is 1. The molecule has 0 radical (unpaired) electrons. The molecule has 0 saturated heterocycles. The van der Waals surface area contributed by atoms with Crippen LogP contribution in [-0.4, -0.2) is 20.6 Å². The second kappa shape index (κ2) is 4.68. The molecule has 1 aliphatic rings. The van der Waals surface area contributed by atoms with Gasteiger partial charge >= 0.3 is 5.97 Å². The third kappa shape index (κ3) is 2.10. The number of carboxylic acids is 1. The molecular weight excluding hydrogens is 204 g/mol. The molecule has 0 fully saturated rings. The molecule has 0 spiro atoms. The van der Waals surface area contributed by atoms with Crippen molar-refractivity contribution in [3.63, 3.8) is 0 Å². The lowest BCUT2D eigenvalue weighted by molar-refractivity contribution is -0.137. The van der Waals surface area contributed by atoms with E-state index in [2.05, 4.69) is 16.5 Å². The number of carbonyl (C=O) groups is 1. The summed E-state index contributed by atoms with van der Waals surface area (Å²) in [5.41, 5.74) is 2.48. The fraction of sp³-hybridized carbons (Fsp3) is 0.667. The van der Waals surface area contributed by atoms with E-state index in [-0.39, 0.29) is 6.42 Å². The SMILES string of the molecule is CCc1nc2c(n1CCC(=O)O)CCCC2. The number of fused-ring (bicyclic) bond motifs is 1. The van der Waals surface area contributed by atoms with Crippen LogP contribution in [0.4, 0.5) is 0 Å². The van der Waals surface area contributed by atoms with Gasteiger partial charge in [0.2, 0.25) is 0 Å². The average Bonchev–Trinajstić information content (AvgIpc) is 2.64. The van der Waals surface area contributed by atoms with Crippen LogP contribution < -0.4 is 0 Å². The van der Waals surface area contributed by atoms with Crippen LogP contribution in [0.15, 0.2) is 0 Å². The first-order valence-corrected chi connectivity index (χ1v) is 6.01. The Kier molecular flexibility index (Phi) is 3.27. The van der Waals surface area contributed by atoms with Crippen molar-refractivity contribution in [3.05, 3.63) is 17.2 Å². The minimum Gasteiger partial charge on any atom is -0.481 e. The molecular formula is C12H18N2O2. The van der Waals surface area contributed by atoms with Crippen molar-refractivity contribution in [1.82, 2.24) is 9.55 Å². The van der Waals surface area contributed by atoms with Crippen molar-refractivity contribution in [2.45, 2.75) is 52.0 Å². The molecule has 0 amide bonds. The molecule has 4 heteroatoms. The summed E-state index contributed by atoms with van der Waals surface area (Å²) in [5.74, 6) is 0.313. The number of hydrogen-bond donors (Lipinski definition) is 1. The van der Waals surface area contributed by atoms with Crippen LogP contribution >= 0.6 is 0 Å². The Morgan fingerprint density at radius 2 is 2.19 bits per heavy atom. The Hall–Kier alpha value is -1.32. The van der Waals surface area contributed by atoms with Gasteiger partial charge in [-0.2, -0.15) is 0 Å². The van der Waals surface area contributed by atoms with Crippen LogP contribution in [-0.2, 0) is 30.6 Å². The topological polar surface area (TPSA) is 55.1 Å². The highest BCUT2D eigenvalue weighted by Gasteiger charge is 2.19. The Labute approximate surface area is 95.3 Å². The summed E-state index contributed by atoms with van der Waals surface area (Å²) in [6, 6.07) is 0. The van der Waals surface area contributed by atoms with Gasteiger partial charge in [0.15, 0.2) is 0 Å². The molecule has 0 bridgehead atoms. The molecule has 1 aromatic rings. The molecule has 1 aromatic heterocycles. The van der Waals surface area contributed by atoms with Gasteiger partial charge in [0.25, 0.3) is 0 Å². The van der Waals surface area contributed by atoms with Crippen LogP contribution in [0.25, 0.3) is 0 Å². The maximum absolute atomic E-state index is 10.6. The van der Waals surface area contributed by atoms with Gasteiger partial charge in [-0.25, -0.2) is 4.98 Å². The standard InChI is InChI=1S/C12H18N2O2/c1-2-11-13-9-5-3-4-6-10(9)14(11)8-7-12(15)16/h2-8H2,1H3,(H,15,16). The monoisotopic (exact) mass is 222 g/mol. The predicted molar refractivity (Wildman–Crippen MR) is 60.5 cm³/mol. The van der Waals surface area contributed by atoms with Crippen molar-refractivity contribution < 1.29 is 9.90 Å². The predicted octanol–water partition coefficient (Wildman–Crippen LogP) is 1.80. The van der Waals surface area contributed by atoms with Gasteiger partial charge in [0.05, 0.1) is 12.1 Å². The lowest BCUT2D eigenvalue weighted by atomic mass is 10.0. The molecule has 2 rings (SSSR count). The van der Waals surface area contributed by atoms with E-state index in [9.17, 15) is 4.79 Å². The fourth-order valence-corrected chi connectivity index (χ4v) is 2.40. The van der Waals surface area contributed by atoms with Gasteiger partial charge in [-0.15, -0.1) is 0 Å². The van der Waals surface area contributed by atoms with Gasteiger partial charge in [-0.3, -0.25) is 4.79 Å². The summed E-state index contributed by atoms with van der Waals surface area (Å²) in [7, 11) is 0. The molecule has 0 aromatic carbocycles. The lowest BCUT2D eigenvalue weighted by Gasteiger charge is -2.14. The second-order valence-electron chi connectivity index (χ2n) is 4.28. The maximum Gasteiger partial charge on any atom is 0.305 e. The third-order valence-electron chi connectivity index (χ3n) is 3.18. The first kappa shape index (κ1) is 11.2. The number of aryl methyl sites for hydroxylation is 2. The molecule has 0 unspecified atom stereocenters. The summed E-state index contributed by atoms with van der Waals surface area (Å²) in [6.45, 7) is 2.64. The van der Waals surface area contributed by atoms with E-state index in [0.717, 1.165) is 25.1 Å². The van der Waals surface area contributed by atoms with E-state index < -0.39 is 5.97 Å². The summed E-state index contributed by atoms with van der Waals surface area (Å²) in [5, 5.41) is 8.75. The first-order chi connectivity index (χ1) is 7.72. The molecule has 0 saturated carbocycles. The summed E-state index contributed by atoms with van der Waals surface area (Å²) < 4.78 is 2.13. The first-order valence-electron chi connectivity index (χ1n) is 6.01. The number of aromatic nitrogens is 2. The van der Waals surface area contributed by atoms with E-state index in [4.69, 9.17) is 5.11 Å². The third-order valence-corrected chi connectivity index (χ3v) is 3.18. The highest BCUT2D eigenvalue weighted by Crippen LogP contribution is 2.22. The number of rotatable bonds is 4. The normalized spacial score (nSPS) is 14.8. The molecule has 1 aliphatic carbocycles. The average molecular weight is 222 g/mol. The van der Waals surface area contributed by atoms with Crippen LogP contribution in [0, 0.1) is 0 Å². The van der Waals surface area contributed by atoms with Crippen LogP contribution in [0.1, 0.15) is 43.4 Å². The van der Waals surface area contributed by atoms with E-state index in [1.54, 1.807) is 0 Å². The van der Waals surface area contributed by atoms with E-state index in [0.29, 0.717) is 6.54 Å². The largest absolute Gasteiger partial charge is 0.481 e. The quantitative estimate of drug-likeness (QED) is 0.845. The van der Waals surface area contributed by atoms with Crippen molar-refractivity contribution in [3.8, 4) is 0 Å². The Morgan fingerprint density at radius 3 is 2.88 bits per heavy atom. The second-order valence-corrected chi connectivity index (χ2v) is 4.28. The summed E-state index contributed by atoms with van der Waals surface area (Å²) in [6.07, 6.45) is 5.60. The molecule has 0 aliphatic heterocycles. The zero-order chi connectivity index (χ0) is 11.5. The Morgan fingerprint density at radius 1 is 1.44 bits per heavy atom. The van der Waals surface area contributed by atoms with Crippen LogP contribution in [0.5, 0.6) is 0 Å².